The van der Waals surface area contributed by atoms with Crippen LogP contribution in [0.4, 0.5) is 0 Å². The van der Waals surface area contributed by atoms with E-state index in [1.165, 1.54) is 0 Å². The summed E-state index contributed by atoms with van der Waals surface area (Å²) in [7, 11) is 1.60. The number of carbonyl (C=O) groups excluding carboxylic acids is 1. The summed E-state index contributed by atoms with van der Waals surface area (Å²) in [5, 5.41) is 0. The summed E-state index contributed by atoms with van der Waals surface area (Å²) in [5.41, 5.74) is 1.88. The molecule has 5 heteroatoms. The number of hydrogen-bond acceptors (Lipinski definition) is 4. The van der Waals surface area contributed by atoms with Gasteiger partial charge >= 0.3 is 0 Å². The maximum Gasteiger partial charge on any atom is 0.247 e. The molecule has 2 rings (SSSR count). The third kappa shape index (κ3) is 5.34. The SMILES string of the molecule is CCOc1ccc(/C=C/C(=O)N(Cc2cccnc2)C(C)C)cc1OC. The molecule has 0 saturated heterocycles. The van der Waals surface area contributed by atoms with Gasteiger partial charge in [0.15, 0.2) is 11.5 Å². The number of pyridine rings is 1. The fraction of sp³-hybridized carbons (Fsp3) is 0.333. The van der Waals surface area contributed by atoms with Crippen LogP contribution in [0.15, 0.2) is 48.8 Å². The quantitative estimate of drug-likeness (QED) is 0.674. The van der Waals surface area contributed by atoms with Gasteiger partial charge in [0, 0.05) is 31.1 Å². The number of hydrogen-bond donors (Lipinski definition) is 0. The first-order valence-corrected chi connectivity index (χ1v) is 8.73. The molecule has 0 aliphatic rings. The number of methoxy groups -OCH3 is 1. The average molecular weight is 354 g/mol. The van der Waals surface area contributed by atoms with Gasteiger partial charge in [0.1, 0.15) is 0 Å². The smallest absolute Gasteiger partial charge is 0.247 e. The molecular weight excluding hydrogens is 328 g/mol. The molecular formula is C21H26N2O3. The van der Waals surface area contributed by atoms with Gasteiger partial charge in [-0.25, -0.2) is 0 Å². The Hall–Kier alpha value is -2.82. The van der Waals surface area contributed by atoms with Crippen molar-refractivity contribution in [3.8, 4) is 11.5 Å². The van der Waals surface area contributed by atoms with Crippen molar-refractivity contribution >= 4 is 12.0 Å². The lowest BCUT2D eigenvalue weighted by Crippen LogP contribution is -2.35. The lowest BCUT2D eigenvalue weighted by Gasteiger charge is -2.25. The molecule has 0 saturated carbocycles. The second-order valence-electron chi connectivity index (χ2n) is 6.10. The normalized spacial score (nSPS) is 11.0. The summed E-state index contributed by atoms with van der Waals surface area (Å²) in [6, 6.07) is 9.54. The Kier molecular flexibility index (Phi) is 7.21. The lowest BCUT2D eigenvalue weighted by molar-refractivity contribution is -0.128. The molecule has 0 atom stereocenters. The van der Waals surface area contributed by atoms with Gasteiger partial charge in [0.2, 0.25) is 5.91 Å². The largest absolute Gasteiger partial charge is 0.493 e. The molecule has 0 aliphatic carbocycles. The molecule has 1 heterocycles. The monoisotopic (exact) mass is 354 g/mol. The molecule has 1 aromatic heterocycles. The second-order valence-corrected chi connectivity index (χ2v) is 6.10. The van der Waals surface area contributed by atoms with E-state index in [0.29, 0.717) is 24.7 Å². The van der Waals surface area contributed by atoms with Crippen LogP contribution in [0.1, 0.15) is 31.9 Å². The van der Waals surface area contributed by atoms with E-state index in [4.69, 9.17) is 9.47 Å². The van der Waals surface area contributed by atoms with Gasteiger partial charge in [0.25, 0.3) is 0 Å². The zero-order valence-corrected chi connectivity index (χ0v) is 15.8. The van der Waals surface area contributed by atoms with Crippen molar-refractivity contribution < 1.29 is 14.3 Å². The van der Waals surface area contributed by atoms with Gasteiger partial charge < -0.3 is 14.4 Å². The first kappa shape index (κ1) is 19.5. The van der Waals surface area contributed by atoms with Gasteiger partial charge in [-0.15, -0.1) is 0 Å². The van der Waals surface area contributed by atoms with E-state index in [9.17, 15) is 4.79 Å². The zero-order chi connectivity index (χ0) is 18.9. The standard InChI is InChI=1S/C21H26N2O3/c1-5-26-19-10-8-17(13-20(19)25-4)9-11-21(24)23(16(2)3)15-18-7-6-12-22-14-18/h6-14,16H,5,15H2,1-4H3/b11-9+. The minimum Gasteiger partial charge on any atom is -0.493 e. The fourth-order valence-corrected chi connectivity index (χ4v) is 2.53. The van der Waals surface area contributed by atoms with Crippen molar-refractivity contribution in [2.45, 2.75) is 33.4 Å². The molecule has 138 valence electrons. The molecule has 1 amide bonds. The Morgan fingerprint density at radius 3 is 2.69 bits per heavy atom. The first-order valence-electron chi connectivity index (χ1n) is 8.73. The number of rotatable bonds is 8. The van der Waals surface area contributed by atoms with E-state index in [0.717, 1.165) is 11.1 Å². The number of carbonyl (C=O) groups is 1. The van der Waals surface area contributed by atoms with Gasteiger partial charge in [-0.2, -0.15) is 0 Å². The second kappa shape index (κ2) is 9.61. The number of aromatic nitrogens is 1. The molecule has 0 bridgehead atoms. The maximum absolute atomic E-state index is 12.6. The molecule has 26 heavy (non-hydrogen) atoms. The number of benzene rings is 1. The highest BCUT2D eigenvalue weighted by molar-refractivity contribution is 5.92. The fourth-order valence-electron chi connectivity index (χ4n) is 2.53. The van der Waals surface area contributed by atoms with Crippen molar-refractivity contribution in [1.29, 1.82) is 0 Å². The number of ether oxygens (including phenoxy) is 2. The molecule has 2 aromatic rings. The molecule has 0 N–H and O–H groups in total. The summed E-state index contributed by atoms with van der Waals surface area (Å²) in [5.74, 6) is 1.30. The van der Waals surface area contributed by atoms with Crippen LogP contribution in [0.3, 0.4) is 0 Å². The molecule has 1 aromatic carbocycles. The van der Waals surface area contributed by atoms with E-state index < -0.39 is 0 Å². The molecule has 0 unspecified atom stereocenters. The lowest BCUT2D eigenvalue weighted by atomic mass is 10.1. The van der Waals surface area contributed by atoms with Crippen LogP contribution >= 0.6 is 0 Å². The van der Waals surface area contributed by atoms with Crippen molar-refractivity contribution in [2.75, 3.05) is 13.7 Å². The van der Waals surface area contributed by atoms with Crippen LogP contribution in [0.5, 0.6) is 11.5 Å². The molecule has 0 aliphatic heterocycles. The van der Waals surface area contributed by atoms with Crippen molar-refractivity contribution in [1.82, 2.24) is 9.88 Å². The van der Waals surface area contributed by atoms with E-state index in [1.54, 1.807) is 36.6 Å². The van der Waals surface area contributed by atoms with Crippen LogP contribution in [-0.4, -0.2) is 35.5 Å². The zero-order valence-electron chi connectivity index (χ0n) is 15.8. The third-order valence-corrected chi connectivity index (χ3v) is 3.89. The van der Waals surface area contributed by atoms with Crippen LogP contribution < -0.4 is 9.47 Å². The average Bonchev–Trinajstić information content (AvgIpc) is 2.65. The first-order chi connectivity index (χ1) is 12.5. The molecule has 0 radical (unpaired) electrons. The van der Waals surface area contributed by atoms with Crippen LogP contribution in [-0.2, 0) is 11.3 Å². The summed E-state index contributed by atoms with van der Waals surface area (Å²) in [6.45, 7) is 7.03. The highest BCUT2D eigenvalue weighted by Crippen LogP contribution is 2.28. The van der Waals surface area contributed by atoms with E-state index in [-0.39, 0.29) is 11.9 Å². The van der Waals surface area contributed by atoms with Crippen molar-refractivity contribution in [2.24, 2.45) is 0 Å². The molecule has 0 fully saturated rings. The summed E-state index contributed by atoms with van der Waals surface area (Å²) in [6.07, 6.45) is 6.89. The highest BCUT2D eigenvalue weighted by atomic mass is 16.5. The Morgan fingerprint density at radius 2 is 2.08 bits per heavy atom. The Labute approximate surface area is 155 Å². The van der Waals surface area contributed by atoms with E-state index >= 15 is 0 Å². The predicted octanol–water partition coefficient (Wildman–Crippen LogP) is 3.94. The third-order valence-electron chi connectivity index (χ3n) is 3.89. The van der Waals surface area contributed by atoms with Crippen molar-refractivity contribution in [3.63, 3.8) is 0 Å². The Bertz CT molecular complexity index is 742. The molecule has 5 nitrogen and oxygen atoms in total. The van der Waals surface area contributed by atoms with Crippen molar-refractivity contribution in [3.05, 3.63) is 59.9 Å². The van der Waals surface area contributed by atoms with Crippen LogP contribution in [0, 0.1) is 0 Å². The summed E-state index contributed by atoms with van der Waals surface area (Å²) in [4.78, 5) is 18.6. The minimum absolute atomic E-state index is 0.0447. The Balaban J connectivity index is 2.13. The highest BCUT2D eigenvalue weighted by Gasteiger charge is 2.15. The van der Waals surface area contributed by atoms with Gasteiger partial charge in [-0.3, -0.25) is 9.78 Å². The summed E-state index contributed by atoms with van der Waals surface area (Å²) >= 11 is 0. The Morgan fingerprint density at radius 1 is 1.27 bits per heavy atom. The predicted molar refractivity (Wildman–Crippen MR) is 103 cm³/mol. The number of nitrogens with zero attached hydrogens (tertiary/aromatic N) is 2. The van der Waals surface area contributed by atoms with E-state index in [2.05, 4.69) is 4.98 Å². The molecule has 0 spiro atoms. The minimum atomic E-state index is -0.0447. The number of amides is 1. The van der Waals surface area contributed by atoms with E-state index in [1.807, 2.05) is 51.1 Å². The van der Waals surface area contributed by atoms with Gasteiger partial charge in [-0.1, -0.05) is 12.1 Å². The van der Waals surface area contributed by atoms with Gasteiger partial charge in [0.05, 0.1) is 13.7 Å². The van der Waals surface area contributed by atoms with Crippen LogP contribution in [0.25, 0.3) is 6.08 Å². The maximum atomic E-state index is 12.6. The summed E-state index contributed by atoms with van der Waals surface area (Å²) < 4.78 is 10.9. The topological polar surface area (TPSA) is 51.7 Å². The van der Waals surface area contributed by atoms with Crippen LogP contribution in [0.2, 0.25) is 0 Å². The van der Waals surface area contributed by atoms with Gasteiger partial charge in [-0.05, 0) is 56.2 Å².